The Morgan fingerprint density at radius 1 is 1.09 bits per heavy atom. The van der Waals surface area contributed by atoms with Gasteiger partial charge in [0.2, 0.25) is 0 Å². The second kappa shape index (κ2) is 5.71. The quantitative estimate of drug-likeness (QED) is 0.715. The Morgan fingerprint density at radius 3 is 2.64 bits per heavy atom. The summed E-state index contributed by atoms with van der Waals surface area (Å²) in [7, 11) is 0. The van der Waals surface area contributed by atoms with E-state index in [-0.39, 0.29) is 0 Å². The van der Waals surface area contributed by atoms with Crippen molar-refractivity contribution in [3.8, 4) is 11.3 Å². The lowest BCUT2D eigenvalue weighted by Crippen LogP contribution is -2.20. The summed E-state index contributed by atoms with van der Waals surface area (Å²) < 4.78 is 7.61. The fourth-order valence-electron chi connectivity index (χ4n) is 3.01. The third-order valence-corrected chi connectivity index (χ3v) is 4.41. The molecule has 4 nitrogen and oxygen atoms in total. The topological polar surface area (TPSA) is 39.9 Å². The zero-order valence-corrected chi connectivity index (χ0v) is 12.8. The van der Waals surface area contributed by atoms with Crippen LogP contribution in [0.1, 0.15) is 18.9 Å². The van der Waals surface area contributed by atoms with Crippen LogP contribution in [0, 0.1) is 0 Å². The minimum Gasteiger partial charge on any atom is -0.381 e. The number of hydrogen-bond donors (Lipinski definition) is 0. The zero-order valence-electron chi connectivity index (χ0n) is 12.1. The van der Waals surface area contributed by atoms with Crippen LogP contribution in [0.2, 0.25) is 5.02 Å². The molecule has 1 aromatic carbocycles. The molecule has 3 aromatic rings. The number of benzene rings is 1. The first kappa shape index (κ1) is 13.7. The highest BCUT2D eigenvalue weighted by atomic mass is 35.5. The molecule has 5 heteroatoms. The average molecular weight is 314 g/mol. The number of ether oxygens (including phenoxy) is 1. The van der Waals surface area contributed by atoms with Crippen molar-refractivity contribution in [1.29, 1.82) is 0 Å². The lowest BCUT2D eigenvalue weighted by molar-refractivity contribution is 0.0675. The molecule has 1 aliphatic rings. The van der Waals surface area contributed by atoms with E-state index in [2.05, 4.69) is 9.67 Å². The molecule has 0 unspecified atom stereocenters. The standard InChI is InChI=1S/C17H16ClN3O/c18-13-3-1-12(2-4-13)17-15-11-19-8-5-16(15)21(20-17)14-6-9-22-10-7-14/h1-5,8,11,14H,6-7,9-10H2. The lowest BCUT2D eigenvalue weighted by atomic mass is 10.1. The Labute approximate surface area is 133 Å². The van der Waals surface area contributed by atoms with Gasteiger partial charge < -0.3 is 4.74 Å². The lowest BCUT2D eigenvalue weighted by Gasteiger charge is -2.23. The van der Waals surface area contributed by atoms with E-state index in [9.17, 15) is 0 Å². The first-order valence-electron chi connectivity index (χ1n) is 7.49. The fourth-order valence-corrected chi connectivity index (χ4v) is 3.14. The van der Waals surface area contributed by atoms with Crippen molar-refractivity contribution in [2.75, 3.05) is 13.2 Å². The maximum absolute atomic E-state index is 5.99. The smallest absolute Gasteiger partial charge is 0.102 e. The molecular formula is C17H16ClN3O. The average Bonchev–Trinajstić information content (AvgIpc) is 2.96. The number of halogens is 1. The molecule has 22 heavy (non-hydrogen) atoms. The Hall–Kier alpha value is -1.91. The van der Waals surface area contributed by atoms with Crippen LogP contribution in [-0.2, 0) is 4.74 Å². The number of aromatic nitrogens is 3. The second-order valence-corrected chi connectivity index (χ2v) is 5.97. The molecule has 112 valence electrons. The molecule has 1 aliphatic heterocycles. The van der Waals surface area contributed by atoms with E-state index >= 15 is 0 Å². The zero-order chi connectivity index (χ0) is 14.9. The van der Waals surface area contributed by atoms with Gasteiger partial charge in [-0.2, -0.15) is 5.10 Å². The van der Waals surface area contributed by atoms with Gasteiger partial charge in [0.25, 0.3) is 0 Å². The molecule has 3 heterocycles. The molecule has 0 aliphatic carbocycles. The van der Waals surface area contributed by atoms with Crippen LogP contribution in [0.3, 0.4) is 0 Å². The summed E-state index contributed by atoms with van der Waals surface area (Å²) in [4.78, 5) is 4.27. The molecule has 0 saturated carbocycles. The summed E-state index contributed by atoms with van der Waals surface area (Å²) in [5.74, 6) is 0. The van der Waals surface area contributed by atoms with Gasteiger partial charge in [-0.05, 0) is 31.0 Å². The first-order valence-corrected chi connectivity index (χ1v) is 7.86. The molecule has 0 spiro atoms. The van der Waals surface area contributed by atoms with E-state index in [0.717, 1.165) is 53.2 Å². The second-order valence-electron chi connectivity index (χ2n) is 5.54. The summed E-state index contributed by atoms with van der Waals surface area (Å²) in [6.45, 7) is 1.60. The van der Waals surface area contributed by atoms with Crippen LogP contribution < -0.4 is 0 Å². The highest BCUT2D eigenvalue weighted by Gasteiger charge is 2.21. The Bertz CT molecular complexity index is 791. The third kappa shape index (κ3) is 2.38. The van der Waals surface area contributed by atoms with Crippen molar-refractivity contribution in [1.82, 2.24) is 14.8 Å². The predicted molar refractivity (Wildman–Crippen MR) is 87.1 cm³/mol. The molecule has 1 fully saturated rings. The summed E-state index contributed by atoms with van der Waals surface area (Å²) >= 11 is 5.99. The van der Waals surface area contributed by atoms with E-state index < -0.39 is 0 Å². The summed E-state index contributed by atoms with van der Waals surface area (Å²) in [5.41, 5.74) is 3.16. The molecule has 0 atom stereocenters. The number of fused-ring (bicyclic) bond motifs is 1. The van der Waals surface area contributed by atoms with Crippen molar-refractivity contribution in [3.63, 3.8) is 0 Å². The molecular weight excluding hydrogens is 298 g/mol. The Balaban J connectivity index is 1.86. The largest absolute Gasteiger partial charge is 0.381 e. The third-order valence-electron chi connectivity index (χ3n) is 4.16. The number of pyridine rings is 1. The van der Waals surface area contributed by atoms with Gasteiger partial charge in [0.1, 0.15) is 5.69 Å². The van der Waals surface area contributed by atoms with Crippen molar-refractivity contribution >= 4 is 22.5 Å². The van der Waals surface area contributed by atoms with Gasteiger partial charge in [-0.25, -0.2) is 0 Å². The molecule has 0 N–H and O–H groups in total. The summed E-state index contributed by atoms with van der Waals surface area (Å²) in [6.07, 6.45) is 5.71. The fraction of sp³-hybridized carbons (Fsp3) is 0.294. The van der Waals surface area contributed by atoms with Crippen LogP contribution in [0.25, 0.3) is 22.2 Å². The van der Waals surface area contributed by atoms with Crippen LogP contribution >= 0.6 is 11.6 Å². The van der Waals surface area contributed by atoms with Crippen LogP contribution in [-0.4, -0.2) is 28.0 Å². The molecule has 4 rings (SSSR count). The maximum Gasteiger partial charge on any atom is 0.102 e. The highest BCUT2D eigenvalue weighted by molar-refractivity contribution is 6.30. The van der Waals surface area contributed by atoms with Crippen molar-refractivity contribution in [3.05, 3.63) is 47.7 Å². The van der Waals surface area contributed by atoms with E-state index in [1.165, 1.54) is 0 Å². The van der Waals surface area contributed by atoms with Crippen LogP contribution in [0.15, 0.2) is 42.7 Å². The molecule has 2 aromatic heterocycles. The van der Waals surface area contributed by atoms with Crippen molar-refractivity contribution < 1.29 is 4.74 Å². The predicted octanol–water partition coefficient (Wildman–Crippen LogP) is 4.10. The van der Waals surface area contributed by atoms with Gasteiger partial charge in [0.15, 0.2) is 0 Å². The van der Waals surface area contributed by atoms with Crippen molar-refractivity contribution in [2.24, 2.45) is 0 Å². The summed E-state index contributed by atoms with van der Waals surface area (Å²) in [6, 6.07) is 10.2. The first-order chi connectivity index (χ1) is 10.8. The van der Waals surface area contributed by atoms with Gasteiger partial charge in [0, 0.05) is 41.6 Å². The SMILES string of the molecule is Clc1ccc(-c2nn(C3CCOCC3)c3ccncc23)cc1. The molecule has 0 amide bonds. The van der Waals surface area contributed by atoms with Crippen LogP contribution in [0.5, 0.6) is 0 Å². The van der Waals surface area contributed by atoms with E-state index in [1.54, 1.807) is 0 Å². The van der Waals surface area contributed by atoms with Gasteiger partial charge >= 0.3 is 0 Å². The van der Waals surface area contributed by atoms with E-state index in [0.29, 0.717) is 6.04 Å². The van der Waals surface area contributed by atoms with Crippen molar-refractivity contribution in [2.45, 2.75) is 18.9 Å². The van der Waals surface area contributed by atoms with E-state index in [4.69, 9.17) is 21.4 Å². The Kier molecular flexibility index (Phi) is 3.56. The minimum atomic E-state index is 0.389. The minimum absolute atomic E-state index is 0.389. The van der Waals surface area contributed by atoms with Gasteiger partial charge in [-0.3, -0.25) is 9.67 Å². The van der Waals surface area contributed by atoms with Gasteiger partial charge in [-0.1, -0.05) is 23.7 Å². The number of nitrogens with zero attached hydrogens (tertiary/aromatic N) is 3. The number of hydrogen-bond acceptors (Lipinski definition) is 3. The molecule has 0 bridgehead atoms. The van der Waals surface area contributed by atoms with E-state index in [1.807, 2.05) is 42.7 Å². The normalized spacial score (nSPS) is 16.2. The van der Waals surface area contributed by atoms with Crippen LogP contribution in [0.4, 0.5) is 0 Å². The summed E-state index contributed by atoms with van der Waals surface area (Å²) in [5, 5.41) is 6.70. The molecule has 0 radical (unpaired) electrons. The maximum atomic E-state index is 5.99. The highest BCUT2D eigenvalue weighted by Crippen LogP contribution is 2.32. The van der Waals surface area contributed by atoms with Gasteiger partial charge in [-0.15, -0.1) is 0 Å². The Morgan fingerprint density at radius 2 is 1.86 bits per heavy atom. The number of rotatable bonds is 2. The molecule has 1 saturated heterocycles. The van der Waals surface area contributed by atoms with Gasteiger partial charge in [0.05, 0.1) is 11.6 Å². The monoisotopic (exact) mass is 313 g/mol.